The number of aryl methyl sites for hydroxylation is 3. The molecule has 7 heteroatoms. The first-order chi connectivity index (χ1) is 13.5. The van der Waals surface area contributed by atoms with Gasteiger partial charge in [-0.2, -0.15) is 0 Å². The van der Waals surface area contributed by atoms with Crippen LogP contribution in [0.1, 0.15) is 29.3 Å². The van der Waals surface area contributed by atoms with E-state index in [9.17, 15) is 4.79 Å². The van der Waals surface area contributed by atoms with Gasteiger partial charge in [-0.1, -0.05) is 41.6 Å². The Kier molecular flexibility index (Phi) is 4.17. The van der Waals surface area contributed by atoms with E-state index in [1.54, 1.807) is 27.7 Å². The Hall–Kier alpha value is -2.38. The Labute approximate surface area is 170 Å². The van der Waals surface area contributed by atoms with Crippen LogP contribution in [0.2, 0.25) is 0 Å². The molecule has 0 fully saturated rings. The summed E-state index contributed by atoms with van der Waals surface area (Å²) in [5, 5.41) is 10.5. The lowest BCUT2D eigenvalue weighted by atomic mass is 10.2. The molecule has 0 unspecified atom stereocenters. The lowest BCUT2D eigenvalue weighted by Crippen LogP contribution is -2.21. The van der Waals surface area contributed by atoms with Gasteiger partial charge < -0.3 is 0 Å². The van der Waals surface area contributed by atoms with Crippen molar-refractivity contribution in [3.63, 3.8) is 0 Å². The van der Waals surface area contributed by atoms with Crippen LogP contribution in [0.15, 0.2) is 46.4 Å². The van der Waals surface area contributed by atoms with Gasteiger partial charge in [-0.05, 0) is 50.8 Å². The lowest BCUT2D eigenvalue weighted by molar-refractivity contribution is 0.910. The molecule has 0 aliphatic heterocycles. The summed E-state index contributed by atoms with van der Waals surface area (Å²) in [5.74, 6) is 1.35. The fourth-order valence-corrected chi connectivity index (χ4v) is 5.98. The summed E-state index contributed by atoms with van der Waals surface area (Å²) in [7, 11) is 0. The number of nitrogens with zero attached hydrogens (tertiary/aromatic N) is 4. The summed E-state index contributed by atoms with van der Waals surface area (Å²) in [6, 6.07) is 8.00. The Morgan fingerprint density at radius 3 is 2.79 bits per heavy atom. The number of hydrogen-bond acceptors (Lipinski definition) is 5. The van der Waals surface area contributed by atoms with Gasteiger partial charge in [-0.3, -0.25) is 4.79 Å². The van der Waals surface area contributed by atoms with E-state index in [4.69, 9.17) is 0 Å². The first-order valence-corrected chi connectivity index (χ1v) is 11.1. The molecule has 1 aliphatic rings. The highest BCUT2D eigenvalue weighted by molar-refractivity contribution is 7.99. The molecule has 0 N–H and O–H groups in total. The molecule has 0 radical (unpaired) electrons. The van der Waals surface area contributed by atoms with E-state index in [0.717, 1.165) is 57.2 Å². The van der Waals surface area contributed by atoms with Gasteiger partial charge in [0, 0.05) is 10.6 Å². The zero-order valence-corrected chi connectivity index (χ0v) is 17.5. The number of fused-ring (bicyclic) bond motifs is 5. The van der Waals surface area contributed by atoms with Gasteiger partial charge in [0.15, 0.2) is 5.16 Å². The highest BCUT2D eigenvalue weighted by Crippen LogP contribution is 2.37. The average molecular weight is 409 g/mol. The maximum atomic E-state index is 13.6. The molecule has 0 saturated carbocycles. The van der Waals surface area contributed by atoms with Crippen molar-refractivity contribution in [2.75, 3.05) is 5.75 Å². The van der Waals surface area contributed by atoms with Gasteiger partial charge in [-0.25, -0.2) is 8.97 Å². The summed E-state index contributed by atoms with van der Waals surface area (Å²) in [6.45, 7) is 8.04. The van der Waals surface area contributed by atoms with Crippen molar-refractivity contribution >= 4 is 39.1 Å². The van der Waals surface area contributed by atoms with Crippen molar-refractivity contribution in [3.8, 4) is 5.69 Å². The van der Waals surface area contributed by atoms with Gasteiger partial charge in [0.25, 0.3) is 5.56 Å². The summed E-state index contributed by atoms with van der Waals surface area (Å²) < 4.78 is 3.78. The minimum atomic E-state index is 0.00889. The molecule has 0 bridgehead atoms. The smallest absolute Gasteiger partial charge is 0.268 e. The summed E-state index contributed by atoms with van der Waals surface area (Å²) in [4.78, 5) is 15.9. The summed E-state index contributed by atoms with van der Waals surface area (Å²) in [6.07, 6.45) is 3.15. The first kappa shape index (κ1) is 17.7. The quantitative estimate of drug-likeness (QED) is 0.367. The fourth-order valence-electron chi connectivity index (χ4n) is 3.76. The predicted molar refractivity (Wildman–Crippen MR) is 116 cm³/mol. The van der Waals surface area contributed by atoms with Crippen molar-refractivity contribution in [2.45, 2.75) is 38.3 Å². The standard InChI is InChI=1S/C21H20N4OS2/c1-12(2)11-27-21-23-22-20-24(14-9-7-13(3)8-10-14)18(26)17-15-5-4-6-16(15)28-19(17)25(20)21/h7-10H,1,4-6,11H2,2-3H3. The molecular formula is C21H20N4OS2. The van der Waals surface area contributed by atoms with Crippen molar-refractivity contribution < 1.29 is 0 Å². The van der Waals surface area contributed by atoms with E-state index in [-0.39, 0.29) is 5.56 Å². The first-order valence-electron chi connectivity index (χ1n) is 9.33. The number of thioether (sulfide) groups is 1. The second-order valence-electron chi connectivity index (χ2n) is 7.38. The Morgan fingerprint density at radius 1 is 1.25 bits per heavy atom. The monoisotopic (exact) mass is 408 g/mol. The maximum absolute atomic E-state index is 13.6. The van der Waals surface area contributed by atoms with Crippen LogP contribution in [-0.2, 0) is 12.8 Å². The Morgan fingerprint density at radius 2 is 2.04 bits per heavy atom. The predicted octanol–water partition coefficient (Wildman–Crippen LogP) is 4.56. The molecule has 1 aliphatic carbocycles. The SMILES string of the molecule is C=C(C)CSc1nnc2n(-c3ccc(C)cc3)c(=O)c3c4c(sc3n12)CCC4. The van der Waals surface area contributed by atoms with Gasteiger partial charge >= 0.3 is 0 Å². The summed E-state index contributed by atoms with van der Waals surface area (Å²) in [5.41, 5.74) is 4.29. The third-order valence-corrected chi connectivity index (χ3v) is 7.52. The third kappa shape index (κ3) is 2.64. The van der Waals surface area contributed by atoms with Crippen LogP contribution in [0, 0.1) is 6.92 Å². The second kappa shape index (κ2) is 6.60. The van der Waals surface area contributed by atoms with Crippen LogP contribution in [0.4, 0.5) is 0 Å². The molecule has 0 saturated heterocycles. The number of aromatic nitrogens is 4. The Balaban J connectivity index is 1.88. The normalized spacial score (nSPS) is 13.5. The second-order valence-corrected chi connectivity index (χ2v) is 9.40. The molecular weight excluding hydrogens is 388 g/mol. The lowest BCUT2D eigenvalue weighted by Gasteiger charge is -2.10. The minimum Gasteiger partial charge on any atom is -0.268 e. The molecule has 0 atom stereocenters. The van der Waals surface area contributed by atoms with Crippen LogP contribution >= 0.6 is 23.1 Å². The van der Waals surface area contributed by atoms with E-state index in [1.807, 2.05) is 38.1 Å². The highest BCUT2D eigenvalue weighted by atomic mass is 32.2. The van der Waals surface area contributed by atoms with Crippen LogP contribution in [0.5, 0.6) is 0 Å². The largest absolute Gasteiger partial charge is 0.268 e. The van der Waals surface area contributed by atoms with Crippen molar-refractivity contribution in [1.29, 1.82) is 0 Å². The van der Waals surface area contributed by atoms with Crippen LogP contribution < -0.4 is 5.56 Å². The Bertz CT molecular complexity index is 1290. The highest BCUT2D eigenvalue weighted by Gasteiger charge is 2.26. The number of benzene rings is 1. The molecule has 5 rings (SSSR count). The molecule has 28 heavy (non-hydrogen) atoms. The van der Waals surface area contributed by atoms with Gasteiger partial charge in [-0.15, -0.1) is 21.5 Å². The molecule has 0 spiro atoms. The number of hydrogen-bond donors (Lipinski definition) is 0. The van der Waals surface area contributed by atoms with Gasteiger partial charge in [0.05, 0.1) is 11.1 Å². The zero-order valence-electron chi connectivity index (χ0n) is 15.9. The van der Waals surface area contributed by atoms with E-state index in [2.05, 4.69) is 21.2 Å². The molecule has 142 valence electrons. The van der Waals surface area contributed by atoms with Crippen LogP contribution in [0.3, 0.4) is 0 Å². The van der Waals surface area contributed by atoms with Crippen molar-refractivity contribution in [1.82, 2.24) is 19.2 Å². The number of rotatable bonds is 4. The molecule has 1 aromatic carbocycles. The molecule has 3 heterocycles. The molecule has 5 nitrogen and oxygen atoms in total. The van der Waals surface area contributed by atoms with Crippen LogP contribution in [0.25, 0.3) is 21.7 Å². The third-order valence-electron chi connectivity index (χ3n) is 5.08. The number of thiophene rings is 1. The van der Waals surface area contributed by atoms with Gasteiger partial charge in [0.2, 0.25) is 5.78 Å². The van der Waals surface area contributed by atoms with Crippen LogP contribution in [-0.4, -0.2) is 24.9 Å². The topological polar surface area (TPSA) is 52.2 Å². The van der Waals surface area contributed by atoms with E-state index >= 15 is 0 Å². The average Bonchev–Trinajstić information content (AvgIpc) is 3.35. The van der Waals surface area contributed by atoms with E-state index < -0.39 is 0 Å². The fraction of sp³-hybridized carbons (Fsp3) is 0.286. The van der Waals surface area contributed by atoms with E-state index in [0.29, 0.717) is 5.78 Å². The van der Waals surface area contributed by atoms with Crippen molar-refractivity contribution in [2.24, 2.45) is 0 Å². The minimum absolute atomic E-state index is 0.00889. The van der Waals surface area contributed by atoms with Crippen molar-refractivity contribution in [3.05, 3.63) is 62.8 Å². The molecule has 4 aromatic rings. The zero-order chi connectivity index (χ0) is 19.4. The van der Waals surface area contributed by atoms with E-state index in [1.165, 1.54) is 10.4 Å². The summed E-state index contributed by atoms with van der Waals surface area (Å²) >= 11 is 3.34. The molecule has 0 amide bonds. The van der Waals surface area contributed by atoms with Gasteiger partial charge in [0.1, 0.15) is 4.83 Å². The maximum Gasteiger partial charge on any atom is 0.268 e. The molecule has 3 aromatic heterocycles.